The Hall–Kier alpha value is -0.860. The summed E-state index contributed by atoms with van der Waals surface area (Å²) in [6, 6.07) is 7.62. The summed E-state index contributed by atoms with van der Waals surface area (Å²) >= 11 is 6.13. The predicted octanol–water partition coefficient (Wildman–Crippen LogP) is 3.09. The average Bonchev–Trinajstić information content (AvgIpc) is 2.82. The Morgan fingerprint density at radius 3 is 2.72 bits per heavy atom. The van der Waals surface area contributed by atoms with Gasteiger partial charge in [-0.1, -0.05) is 43.6 Å². The molecule has 1 saturated heterocycles. The van der Waals surface area contributed by atoms with Gasteiger partial charge in [0.1, 0.15) is 5.78 Å². The fraction of sp³-hybridized carbons (Fsp3) is 0.533. The average molecular weight is 266 g/mol. The Kier molecular flexibility index (Phi) is 4.08. The zero-order valence-corrected chi connectivity index (χ0v) is 11.8. The lowest BCUT2D eigenvalue weighted by atomic mass is 9.71. The van der Waals surface area contributed by atoms with Crippen LogP contribution in [0.25, 0.3) is 0 Å². The van der Waals surface area contributed by atoms with E-state index < -0.39 is 0 Å². The molecule has 1 atom stereocenters. The molecule has 0 radical (unpaired) electrons. The molecule has 3 heteroatoms. The fourth-order valence-corrected chi connectivity index (χ4v) is 2.96. The van der Waals surface area contributed by atoms with Crippen LogP contribution in [0.15, 0.2) is 24.3 Å². The zero-order valence-electron chi connectivity index (χ0n) is 11.0. The summed E-state index contributed by atoms with van der Waals surface area (Å²) in [6.07, 6.45) is 1.38. The van der Waals surface area contributed by atoms with Crippen molar-refractivity contribution in [3.63, 3.8) is 0 Å². The van der Waals surface area contributed by atoms with Gasteiger partial charge in [-0.3, -0.25) is 4.79 Å². The van der Waals surface area contributed by atoms with E-state index in [2.05, 4.69) is 19.2 Å². The van der Waals surface area contributed by atoms with Gasteiger partial charge in [-0.2, -0.15) is 0 Å². The number of ketones is 1. The molecule has 2 nitrogen and oxygen atoms in total. The highest BCUT2D eigenvalue weighted by molar-refractivity contribution is 6.31. The van der Waals surface area contributed by atoms with E-state index in [9.17, 15) is 4.79 Å². The Balaban J connectivity index is 2.19. The van der Waals surface area contributed by atoms with Crippen LogP contribution >= 0.6 is 11.6 Å². The van der Waals surface area contributed by atoms with Crippen LogP contribution in [0, 0.1) is 11.3 Å². The molecule has 0 aliphatic carbocycles. The Labute approximate surface area is 114 Å². The van der Waals surface area contributed by atoms with Crippen molar-refractivity contribution in [3.8, 4) is 0 Å². The van der Waals surface area contributed by atoms with E-state index in [1.165, 1.54) is 0 Å². The topological polar surface area (TPSA) is 29.1 Å². The van der Waals surface area contributed by atoms with E-state index in [0.29, 0.717) is 23.1 Å². The summed E-state index contributed by atoms with van der Waals surface area (Å²) in [5.74, 6) is 0.679. The second-order valence-electron chi connectivity index (χ2n) is 5.43. The summed E-state index contributed by atoms with van der Waals surface area (Å²) in [5, 5.41) is 4.01. The smallest absolute Gasteiger partial charge is 0.145 e. The quantitative estimate of drug-likeness (QED) is 0.907. The molecule has 1 unspecified atom stereocenters. The van der Waals surface area contributed by atoms with Crippen molar-refractivity contribution in [2.24, 2.45) is 11.3 Å². The largest absolute Gasteiger partial charge is 0.316 e. The highest BCUT2D eigenvalue weighted by Crippen LogP contribution is 2.36. The summed E-state index contributed by atoms with van der Waals surface area (Å²) in [4.78, 5) is 12.6. The minimum Gasteiger partial charge on any atom is -0.316 e. The maximum atomic E-state index is 12.6. The van der Waals surface area contributed by atoms with Gasteiger partial charge in [0.2, 0.25) is 0 Å². The van der Waals surface area contributed by atoms with Crippen LogP contribution in [0.1, 0.15) is 25.8 Å². The van der Waals surface area contributed by atoms with Crippen molar-refractivity contribution < 1.29 is 4.79 Å². The monoisotopic (exact) mass is 265 g/mol. The van der Waals surface area contributed by atoms with Crippen molar-refractivity contribution in [2.45, 2.75) is 26.7 Å². The van der Waals surface area contributed by atoms with E-state index in [1.807, 2.05) is 24.3 Å². The molecule has 0 aromatic heterocycles. The van der Waals surface area contributed by atoms with Gasteiger partial charge < -0.3 is 5.32 Å². The molecule has 1 heterocycles. The third kappa shape index (κ3) is 2.45. The number of halogens is 1. The van der Waals surface area contributed by atoms with E-state index in [1.54, 1.807) is 0 Å². The molecular formula is C15H20ClNO. The lowest BCUT2D eigenvalue weighted by Gasteiger charge is -2.31. The molecule has 0 bridgehead atoms. The minimum absolute atomic E-state index is 0.209. The third-order valence-electron chi connectivity index (χ3n) is 4.16. The second kappa shape index (κ2) is 5.41. The van der Waals surface area contributed by atoms with Gasteiger partial charge in [-0.05, 0) is 30.5 Å². The number of nitrogens with one attached hydrogen (secondary N) is 1. The molecule has 98 valence electrons. The van der Waals surface area contributed by atoms with Crippen LogP contribution in [0.2, 0.25) is 5.02 Å². The highest BCUT2D eigenvalue weighted by atomic mass is 35.5. The molecule has 0 spiro atoms. The van der Waals surface area contributed by atoms with Crippen molar-refractivity contribution in [1.82, 2.24) is 5.32 Å². The van der Waals surface area contributed by atoms with Crippen molar-refractivity contribution >= 4 is 17.4 Å². The van der Waals surface area contributed by atoms with Gasteiger partial charge in [0.25, 0.3) is 0 Å². The first kappa shape index (κ1) is 13.6. The molecule has 1 N–H and O–H groups in total. The van der Waals surface area contributed by atoms with E-state index in [4.69, 9.17) is 11.6 Å². The molecule has 1 aliphatic heterocycles. The molecule has 1 aliphatic rings. The van der Waals surface area contributed by atoms with Crippen LogP contribution in [0.4, 0.5) is 0 Å². The third-order valence-corrected chi connectivity index (χ3v) is 4.53. The number of hydrogen-bond acceptors (Lipinski definition) is 2. The van der Waals surface area contributed by atoms with Crippen LogP contribution in [-0.4, -0.2) is 18.9 Å². The first-order valence-corrected chi connectivity index (χ1v) is 6.91. The van der Waals surface area contributed by atoms with Gasteiger partial charge in [-0.15, -0.1) is 0 Å². The summed E-state index contributed by atoms with van der Waals surface area (Å²) in [5.41, 5.74) is 0.732. The SMILES string of the molecule is CC(C)C1(C(=O)Cc2ccccc2Cl)CCNC1. The van der Waals surface area contributed by atoms with Gasteiger partial charge in [0.05, 0.1) is 0 Å². The molecule has 0 amide bonds. The molecule has 0 saturated carbocycles. The summed E-state index contributed by atoms with van der Waals surface area (Å²) < 4.78 is 0. The lowest BCUT2D eigenvalue weighted by molar-refractivity contribution is -0.129. The van der Waals surface area contributed by atoms with Crippen LogP contribution in [0.5, 0.6) is 0 Å². The first-order chi connectivity index (χ1) is 8.56. The normalized spacial score (nSPS) is 23.6. The predicted molar refractivity (Wildman–Crippen MR) is 74.9 cm³/mol. The maximum absolute atomic E-state index is 12.6. The molecule has 18 heavy (non-hydrogen) atoms. The molecule has 2 rings (SSSR count). The summed E-state index contributed by atoms with van der Waals surface area (Å²) in [6.45, 7) is 6.01. The van der Waals surface area contributed by atoms with Crippen LogP contribution < -0.4 is 5.32 Å². The zero-order chi connectivity index (χ0) is 13.2. The fourth-order valence-electron chi connectivity index (χ4n) is 2.75. The number of carbonyl (C=O) groups excluding carboxylic acids is 1. The van der Waals surface area contributed by atoms with Gasteiger partial charge >= 0.3 is 0 Å². The van der Waals surface area contributed by atoms with Crippen LogP contribution in [-0.2, 0) is 11.2 Å². The number of Topliss-reactive ketones (excluding diaryl/α,β-unsaturated/α-hetero) is 1. The van der Waals surface area contributed by atoms with Crippen molar-refractivity contribution in [2.75, 3.05) is 13.1 Å². The molecular weight excluding hydrogens is 246 g/mol. The number of benzene rings is 1. The molecule has 1 aromatic carbocycles. The lowest BCUT2D eigenvalue weighted by Crippen LogP contribution is -2.39. The van der Waals surface area contributed by atoms with E-state index in [0.717, 1.165) is 25.1 Å². The van der Waals surface area contributed by atoms with E-state index >= 15 is 0 Å². The summed E-state index contributed by atoms with van der Waals surface area (Å²) in [7, 11) is 0. The number of rotatable bonds is 4. The van der Waals surface area contributed by atoms with Gasteiger partial charge in [0, 0.05) is 23.4 Å². The second-order valence-corrected chi connectivity index (χ2v) is 5.84. The minimum atomic E-state index is -0.209. The van der Waals surface area contributed by atoms with Gasteiger partial charge in [-0.25, -0.2) is 0 Å². The number of carbonyl (C=O) groups is 1. The van der Waals surface area contributed by atoms with Crippen LogP contribution in [0.3, 0.4) is 0 Å². The van der Waals surface area contributed by atoms with E-state index in [-0.39, 0.29) is 5.41 Å². The molecule has 1 fully saturated rings. The van der Waals surface area contributed by atoms with Crippen molar-refractivity contribution in [1.29, 1.82) is 0 Å². The molecule has 1 aromatic rings. The Bertz CT molecular complexity index is 436. The van der Waals surface area contributed by atoms with Gasteiger partial charge in [0.15, 0.2) is 0 Å². The Morgan fingerprint density at radius 1 is 1.44 bits per heavy atom. The standard InChI is InChI=1S/C15H20ClNO/c1-11(2)15(7-8-17-10-15)14(18)9-12-5-3-4-6-13(12)16/h3-6,11,17H,7-10H2,1-2H3. The first-order valence-electron chi connectivity index (χ1n) is 6.54. The maximum Gasteiger partial charge on any atom is 0.145 e. The number of hydrogen-bond donors (Lipinski definition) is 1. The highest BCUT2D eigenvalue weighted by Gasteiger charge is 2.43. The van der Waals surface area contributed by atoms with Crippen molar-refractivity contribution in [3.05, 3.63) is 34.9 Å². The Morgan fingerprint density at radius 2 is 2.17 bits per heavy atom.